The molecule has 2 N–H and O–H groups in total. The number of hydrogen-bond acceptors (Lipinski definition) is 6. The number of carbonyl (C=O) groups excluding carboxylic acids is 1. The smallest absolute Gasteiger partial charge is 0.257 e. The summed E-state index contributed by atoms with van der Waals surface area (Å²) < 4.78 is 22.4. The average molecular weight is 423 g/mol. The molecule has 152 valence electrons. The number of ether oxygens (including phenoxy) is 1. The molecule has 2 aromatic carbocycles. The van der Waals surface area contributed by atoms with Gasteiger partial charge in [0.1, 0.15) is 29.5 Å². The van der Waals surface area contributed by atoms with E-state index < -0.39 is 11.7 Å². The first-order chi connectivity index (χ1) is 14.5. The second-order valence-corrected chi connectivity index (χ2v) is 7.99. The van der Waals surface area contributed by atoms with Crippen molar-refractivity contribution in [1.29, 1.82) is 0 Å². The van der Waals surface area contributed by atoms with Crippen molar-refractivity contribution in [2.75, 3.05) is 25.6 Å². The zero-order chi connectivity index (χ0) is 21.0. The van der Waals surface area contributed by atoms with Gasteiger partial charge < -0.3 is 15.4 Å². The molecule has 7 nitrogen and oxygen atoms in total. The van der Waals surface area contributed by atoms with E-state index in [4.69, 9.17) is 10.5 Å². The predicted octanol–water partition coefficient (Wildman–Crippen LogP) is 3.53. The maximum atomic E-state index is 14.9. The molecule has 1 amide bonds. The Kier molecular flexibility index (Phi) is 4.28. The van der Waals surface area contributed by atoms with Crippen molar-refractivity contribution in [3.05, 3.63) is 59.8 Å². The van der Waals surface area contributed by atoms with Crippen molar-refractivity contribution in [3.63, 3.8) is 0 Å². The van der Waals surface area contributed by atoms with Crippen molar-refractivity contribution in [1.82, 2.24) is 19.3 Å². The Balaban J connectivity index is 1.55. The molecule has 0 bridgehead atoms. The molecule has 0 radical (unpaired) electrons. The number of anilines is 1. The Morgan fingerprint density at radius 1 is 1.33 bits per heavy atom. The highest BCUT2D eigenvalue weighted by molar-refractivity contribution is 7.98. The fourth-order valence-corrected chi connectivity index (χ4v) is 4.24. The lowest BCUT2D eigenvalue weighted by molar-refractivity contribution is 0.0704. The van der Waals surface area contributed by atoms with Crippen LogP contribution in [0.4, 0.5) is 10.2 Å². The highest BCUT2D eigenvalue weighted by atomic mass is 32.2. The highest BCUT2D eigenvalue weighted by Crippen LogP contribution is 2.38. The van der Waals surface area contributed by atoms with Crippen LogP contribution in [0.25, 0.3) is 16.6 Å². The summed E-state index contributed by atoms with van der Waals surface area (Å²) in [5, 5.41) is 0. The molecule has 5 rings (SSSR count). The number of benzene rings is 2. The maximum absolute atomic E-state index is 14.9. The lowest BCUT2D eigenvalue weighted by Crippen LogP contribution is -2.32. The number of aromatic nitrogens is 3. The van der Waals surface area contributed by atoms with Crippen molar-refractivity contribution in [2.24, 2.45) is 0 Å². The Labute approximate surface area is 175 Å². The van der Waals surface area contributed by atoms with E-state index in [0.29, 0.717) is 23.2 Å². The number of halogens is 1. The van der Waals surface area contributed by atoms with Crippen LogP contribution < -0.4 is 10.5 Å². The summed E-state index contributed by atoms with van der Waals surface area (Å²) in [5.74, 6) is -0.0809. The number of nitrogens with two attached hydrogens (primary N) is 1. The molecular weight excluding hydrogens is 405 g/mol. The number of carbonyl (C=O) groups is 1. The van der Waals surface area contributed by atoms with Gasteiger partial charge in [0.15, 0.2) is 0 Å². The SMILES string of the molecule is CSc1ccc2c(c1)OC[C@H]2N(C)C(=O)c1cc2c(cc1F)nc(N)c1cncn12. The topological polar surface area (TPSA) is 85.8 Å². The standard InChI is InChI=1S/C21H18FN5O2S/c1-26(18-9-29-19-5-11(30-2)3-4-12(18)19)21(28)13-6-16-15(7-14(13)22)25-20(23)17-8-24-10-27(16)17/h3-8,10,18H,9H2,1-2H3,(H2,23,25)/t18-/m1/s1. The van der Waals surface area contributed by atoms with Crippen LogP contribution in [0.3, 0.4) is 0 Å². The van der Waals surface area contributed by atoms with E-state index in [1.807, 2.05) is 24.5 Å². The summed E-state index contributed by atoms with van der Waals surface area (Å²) in [6.07, 6.45) is 5.14. The first-order valence-electron chi connectivity index (χ1n) is 9.26. The van der Waals surface area contributed by atoms with E-state index in [1.165, 1.54) is 17.0 Å². The van der Waals surface area contributed by atoms with Crippen molar-refractivity contribution in [2.45, 2.75) is 10.9 Å². The summed E-state index contributed by atoms with van der Waals surface area (Å²) >= 11 is 1.62. The second kappa shape index (κ2) is 6.88. The number of nitrogen functional groups attached to an aromatic ring is 1. The third kappa shape index (κ3) is 2.77. The molecule has 2 aromatic heterocycles. The van der Waals surface area contributed by atoms with Crippen LogP contribution in [0, 0.1) is 5.82 Å². The summed E-state index contributed by atoms with van der Waals surface area (Å²) in [4.78, 5) is 24.1. The van der Waals surface area contributed by atoms with Gasteiger partial charge in [-0.25, -0.2) is 14.4 Å². The minimum absolute atomic E-state index is 0.0410. The van der Waals surface area contributed by atoms with Crippen LogP contribution in [0.15, 0.2) is 47.8 Å². The molecule has 0 unspecified atom stereocenters. The zero-order valence-corrected chi connectivity index (χ0v) is 17.1. The molecular formula is C21H18FN5O2S. The number of nitrogens with zero attached hydrogens (tertiary/aromatic N) is 4. The summed E-state index contributed by atoms with van der Waals surface area (Å²) in [7, 11) is 1.66. The Bertz CT molecular complexity index is 1320. The Hall–Kier alpha value is -3.33. The molecule has 1 aliphatic rings. The van der Waals surface area contributed by atoms with Crippen LogP contribution >= 0.6 is 11.8 Å². The van der Waals surface area contributed by atoms with Gasteiger partial charge in [0.25, 0.3) is 5.91 Å². The molecule has 1 atom stereocenters. The number of hydrogen-bond donors (Lipinski definition) is 1. The largest absolute Gasteiger partial charge is 0.491 e. The van der Waals surface area contributed by atoms with E-state index >= 15 is 0 Å². The van der Waals surface area contributed by atoms with Gasteiger partial charge in [-0.1, -0.05) is 6.07 Å². The maximum Gasteiger partial charge on any atom is 0.257 e. The average Bonchev–Trinajstić information content (AvgIpc) is 3.39. The molecule has 3 heterocycles. The van der Waals surface area contributed by atoms with E-state index in [-0.39, 0.29) is 17.4 Å². The van der Waals surface area contributed by atoms with E-state index in [9.17, 15) is 9.18 Å². The molecule has 0 saturated carbocycles. The lowest BCUT2D eigenvalue weighted by atomic mass is 10.1. The van der Waals surface area contributed by atoms with Gasteiger partial charge in [-0.05, 0) is 24.5 Å². The van der Waals surface area contributed by atoms with Gasteiger partial charge in [0.2, 0.25) is 0 Å². The molecule has 1 aliphatic heterocycles. The Morgan fingerprint density at radius 3 is 2.97 bits per heavy atom. The zero-order valence-electron chi connectivity index (χ0n) is 16.3. The predicted molar refractivity (Wildman–Crippen MR) is 113 cm³/mol. The number of rotatable bonds is 3. The summed E-state index contributed by atoms with van der Waals surface area (Å²) in [6, 6.07) is 8.35. The number of imidazole rings is 1. The van der Waals surface area contributed by atoms with Crippen molar-refractivity contribution < 1.29 is 13.9 Å². The van der Waals surface area contributed by atoms with Gasteiger partial charge in [0.05, 0.1) is 35.2 Å². The van der Waals surface area contributed by atoms with E-state index in [1.54, 1.807) is 35.7 Å². The monoisotopic (exact) mass is 423 g/mol. The van der Waals surface area contributed by atoms with E-state index in [0.717, 1.165) is 16.2 Å². The Morgan fingerprint density at radius 2 is 2.17 bits per heavy atom. The quantitative estimate of drug-likeness (QED) is 0.508. The van der Waals surface area contributed by atoms with Gasteiger partial charge in [-0.15, -0.1) is 11.8 Å². The minimum Gasteiger partial charge on any atom is -0.491 e. The normalized spacial score (nSPS) is 15.4. The molecule has 0 aliphatic carbocycles. The fourth-order valence-electron chi connectivity index (χ4n) is 3.81. The van der Waals surface area contributed by atoms with Crippen LogP contribution in [-0.4, -0.2) is 45.1 Å². The van der Waals surface area contributed by atoms with Crippen LogP contribution in [0.2, 0.25) is 0 Å². The van der Waals surface area contributed by atoms with Crippen molar-refractivity contribution >= 4 is 40.0 Å². The highest BCUT2D eigenvalue weighted by Gasteiger charge is 2.32. The molecule has 0 spiro atoms. The summed E-state index contributed by atoms with van der Waals surface area (Å²) in [6.45, 7) is 0.328. The third-order valence-corrected chi connectivity index (χ3v) is 6.19. The lowest BCUT2D eigenvalue weighted by Gasteiger charge is -2.24. The summed E-state index contributed by atoms with van der Waals surface area (Å²) in [5.41, 5.74) is 8.31. The molecule has 0 fully saturated rings. The second-order valence-electron chi connectivity index (χ2n) is 7.11. The minimum atomic E-state index is -0.650. The van der Waals surface area contributed by atoms with E-state index in [2.05, 4.69) is 9.97 Å². The molecule has 30 heavy (non-hydrogen) atoms. The number of likely N-dealkylation sites (N-methyl/N-ethyl adjacent to an activating group) is 1. The number of fused-ring (bicyclic) bond motifs is 4. The first kappa shape index (κ1) is 18.7. The van der Waals surface area contributed by atoms with Crippen LogP contribution in [0.5, 0.6) is 5.75 Å². The first-order valence-corrected chi connectivity index (χ1v) is 10.5. The van der Waals surface area contributed by atoms with Gasteiger partial charge >= 0.3 is 0 Å². The molecule has 4 aromatic rings. The number of amides is 1. The van der Waals surface area contributed by atoms with Crippen molar-refractivity contribution in [3.8, 4) is 5.75 Å². The van der Waals surface area contributed by atoms with Crippen LogP contribution in [0.1, 0.15) is 22.0 Å². The third-order valence-electron chi connectivity index (χ3n) is 5.46. The van der Waals surface area contributed by atoms with Gasteiger partial charge in [-0.3, -0.25) is 9.20 Å². The molecule has 0 saturated heterocycles. The fraction of sp³-hybridized carbons (Fsp3) is 0.190. The number of thioether (sulfide) groups is 1. The van der Waals surface area contributed by atoms with Gasteiger partial charge in [0, 0.05) is 23.6 Å². The van der Waals surface area contributed by atoms with Crippen LogP contribution in [-0.2, 0) is 0 Å². The van der Waals surface area contributed by atoms with Gasteiger partial charge in [-0.2, -0.15) is 0 Å². The molecule has 9 heteroatoms.